The van der Waals surface area contributed by atoms with Gasteiger partial charge in [-0.25, -0.2) is 8.42 Å². The van der Waals surface area contributed by atoms with Crippen LogP contribution < -0.4 is 14.8 Å². The van der Waals surface area contributed by atoms with Crippen LogP contribution in [0.1, 0.15) is 19.8 Å². The normalized spacial score (nSPS) is 19.3. The van der Waals surface area contributed by atoms with Gasteiger partial charge in [-0.3, -0.25) is 9.59 Å². The predicted molar refractivity (Wildman–Crippen MR) is 94.2 cm³/mol. The minimum absolute atomic E-state index is 0.120. The molecule has 0 aromatic heterocycles. The smallest absolute Gasteiger partial charge is 0.325 e. The van der Waals surface area contributed by atoms with Gasteiger partial charge in [0.05, 0.1) is 4.90 Å². The maximum atomic E-state index is 12.9. The molecule has 0 radical (unpaired) electrons. The molecule has 0 bridgehead atoms. The van der Waals surface area contributed by atoms with Gasteiger partial charge in [-0.15, -0.1) is 0 Å². The molecule has 0 spiro atoms. The molecule has 9 nitrogen and oxygen atoms in total. The zero-order chi connectivity index (χ0) is 19.6. The van der Waals surface area contributed by atoms with Crippen LogP contribution in [0.2, 0.25) is 0 Å². The molecule has 0 saturated carbocycles. The molecule has 2 N–H and O–H groups in total. The van der Waals surface area contributed by atoms with Crippen LogP contribution in [0.25, 0.3) is 0 Å². The van der Waals surface area contributed by atoms with E-state index in [9.17, 15) is 18.0 Å². The highest BCUT2D eigenvalue weighted by atomic mass is 32.2. The van der Waals surface area contributed by atoms with Crippen LogP contribution in [0.4, 0.5) is 0 Å². The third-order valence-corrected chi connectivity index (χ3v) is 6.60. The number of carbonyl (C=O) groups excluding carboxylic acids is 1. The van der Waals surface area contributed by atoms with Crippen molar-refractivity contribution in [3.63, 3.8) is 0 Å². The minimum atomic E-state index is -3.71. The molecule has 1 aromatic carbocycles. The number of benzene rings is 1. The molecule has 1 amide bonds. The molecule has 2 heterocycles. The third kappa shape index (κ3) is 4.16. The van der Waals surface area contributed by atoms with Crippen molar-refractivity contribution in [2.45, 2.75) is 30.7 Å². The molecule has 2 aliphatic heterocycles. The number of carbonyl (C=O) groups is 2. The molecule has 1 saturated heterocycles. The van der Waals surface area contributed by atoms with Crippen molar-refractivity contribution in [1.29, 1.82) is 0 Å². The topological polar surface area (TPSA) is 122 Å². The van der Waals surface area contributed by atoms with Crippen LogP contribution in [0.3, 0.4) is 0 Å². The van der Waals surface area contributed by atoms with Gasteiger partial charge in [0.25, 0.3) is 0 Å². The van der Waals surface area contributed by atoms with Crippen molar-refractivity contribution < 1.29 is 32.6 Å². The molecule has 0 aliphatic carbocycles. The van der Waals surface area contributed by atoms with Gasteiger partial charge < -0.3 is 19.9 Å². The average Bonchev–Trinajstić information content (AvgIpc) is 2.67. The first-order valence-corrected chi connectivity index (χ1v) is 10.2. The second-order valence-electron chi connectivity index (χ2n) is 6.55. The zero-order valence-electron chi connectivity index (χ0n) is 14.9. The number of amides is 1. The van der Waals surface area contributed by atoms with E-state index in [1.54, 1.807) is 6.07 Å². The van der Waals surface area contributed by atoms with Crippen molar-refractivity contribution >= 4 is 21.9 Å². The SMILES string of the molecule is CC(NC(=O)C1CCN(S(=O)(=O)c2ccc3c(c2)OCCO3)CC1)C(=O)O. The molecule has 3 rings (SSSR count). The van der Waals surface area contributed by atoms with E-state index in [1.807, 2.05) is 0 Å². The third-order valence-electron chi connectivity index (χ3n) is 4.71. The second-order valence-corrected chi connectivity index (χ2v) is 8.49. The van der Waals surface area contributed by atoms with Gasteiger partial charge in [0, 0.05) is 25.1 Å². The van der Waals surface area contributed by atoms with Crippen molar-refractivity contribution in [2.75, 3.05) is 26.3 Å². The van der Waals surface area contributed by atoms with Gasteiger partial charge in [-0.05, 0) is 31.9 Å². The molecule has 10 heteroatoms. The van der Waals surface area contributed by atoms with E-state index in [-0.39, 0.29) is 23.9 Å². The molecule has 1 fully saturated rings. The maximum absolute atomic E-state index is 12.9. The Kier molecular flexibility index (Phi) is 5.56. The highest BCUT2D eigenvalue weighted by molar-refractivity contribution is 7.89. The summed E-state index contributed by atoms with van der Waals surface area (Å²) in [6.45, 7) is 2.56. The monoisotopic (exact) mass is 398 g/mol. The zero-order valence-corrected chi connectivity index (χ0v) is 15.7. The van der Waals surface area contributed by atoms with Crippen LogP contribution in [0.15, 0.2) is 23.1 Å². The molecular weight excluding hydrogens is 376 g/mol. The van der Waals surface area contributed by atoms with Crippen LogP contribution in [-0.4, -0.2) is 62.1 Å². The number of carboxylic acids is 1. The van der Waals surface area contributed by atoms with E-state index in [0.717, 1.165) is 0 Å². The Morgan fingerprint density at radius 3 is 2.44 bits per heavy atom. The maximum Gasteiger partial charge on any atom is 0.325 e. The fraction of sp³-hybridized carbons (Fsp3) is 0.529. The van der Waals surface area contributed by atoms with Crippen LogP contribution >= 0.6 is 0 Å². The van der Waals surface area contributed by atoms with E-state index in [4.69, 9.17) is 14.6 Å². The van der Waals surface area contributed by atoms with Gasteiger partial charge in [-0.1, -0.05) is 0 Å². The second kappa shape index (κ2) is 7.73. The lowest BCUT2D eigenvalue weighted by Crippen LogP contribution is -2.46. The summed E-state index contributed by atoms with van der Waals surface area (Å²) in [5.74, 6) is -0.954. The number of aliphatic carboxylic acids is 1. The highest BCUT2D eigenvalue weighted by Gasteiger charge is 2.33. The summed E-state index contributed by atoms with van der Waals surface area (Å²) in [7, 11) is -3.71. The number of sulfonamides is 1. The fourth-order valence-corrected chi connectivity index (χ4v) is 4.57. The molecule has 1 unspecified atom stereocenters. The van der Waals surface area contributed by atoms with Gasteiger partial charge in [0.2, 0.25) is 15.9 Å². The van der Waals surface area contributed by atoms with Crippen molar-refractivity contribution in [2.24, 2.45) is 5.92 Å². The van der Waals surface area contributed by atoms with Gasteiger partial charge >= 0.3 is 5.97 Å². The average molecular weight is 398 g/mol. The summed E-state index contributed by atoms with van der Waals surface area (Å²) in [4.78, 5) is 23.1. The summed E-state index contributed by atoms with van der Waals surface area (Å²) in [5.41, 5.74) is 0. The van der Waals surface area contributed by atoms with E-state index in [0.29, 0.717) is 37.6 Å². The number of carboxylic acid groups (broad SMARTS) is 1. The highest BCUT2D eigenvalue weighted by Crippen LogP contribution is 2.34. The van der Waals surface area contributed by atoms with Gasteiger partial charge in [0.15, 0.2) is 11.5 Å². The molecular formula is C17H22N2O7S. The van der Waals surface area contributed by atoms with Gasteiger partial charge in [-0.2, -0.15) is 4.31 Å². The quantitative estimate of drug-likeness (QED) is 0.738. The number of piperidine rings is 1. The first kappa shape index (κ1) is 19.4. The number of nitrogens with one attached hydrogen (secondary N) is 1. The Labute approximate surface area is 157 Å². The molecule has 27 heavy (non-hydrogen) atoms. The van der Waals surface area contributed by atoms with Crippen molar-refractivity contribution in [1.82, 2.24) is 9.62 Å². The Hall–Kier alpha value is -2.33. The van der Waals surface area contributed by atoms with Crippen LogP contribution in [0.5, 0.6) is 11.5 Å². The summed E-state index contributed by atoms with van der Waals surface area (Å²) in [6.07, 6.45) is 0.671. The number of fused-ring (bicyclic) bond motifs is 1. The lowest BCUT2D eigenvalue weighted by atomic mass is 9.97. The first-order chi connectivity index (χ1) is 12.8. The number of hydrogen-bond acceptors (Lipinski definition) is 6. The summed E-state index contributed by atoms with van der Waals surface area (Å²) in [6, 6.07) is 3.54. The fourth-order valence-electron chi connectivity index (χ4n) is 3.08. The molecule has 148 valence electrons. The van der Waals surface area contributed by atoms with E-state index < -0.39 is 28.0 Å². The van der Waals surface area contributed by atoms with E-state index >= 15 is 0 Å². The Bertz CT molecular complexity index is 832. The summed E-state index contributed by atoms with van der Waals surface area (Å²) >= 11 is 0. The molecule has 2 aliphatic rings. The van der Waals surface area contributed by atoms with E-state index in [1.165, 1.54) is 23.4 Å². The minimum Gasteiger partial charge on any atom is -0.486 e. The largest absolute Gasteiger partial charge is 0.486 e. The molecule has 1 atom stereocenters. The lowest BCUT2D eigenvalue weighted by Gasteiger charge is -2.31. The molecule has 1 aromatic rings. The number of nitrogens with zero attached hydrogens (tertiary/aromatic N) is 1. The van der Waals surface area contributed by atoms with Crippen LogP contribution in [0, 0.1) is 5.92 Å². The van der Waals surface area contributed by atoms with Crippen LogP contribution in [-0.2, 0) is 19.6 Å². The summed E-state index contributed by atoms with van der Waals surface area (Å²) < 4.78 is 37.9. The lowest BCUT2D eigenvalue weighted by molar-refractivity contribution is -0.142. The summed E-state index contributed by atoms with van der Waals surface area (Å²) in [5, 5.41) is 11.3. The number of hydrogen-bond donors (Lipinski definition) is 2. The first-order valence-electron chi connectivity index (χ1n) is 8.72. The Morgan fingerprint density at radius 2 is 1.81 bits per heavy atom. The van der Waals surface area contributed by atoms with E-state index in [2.05, 4.69) is 5.32 Å². The van der Waals surface area contributed by atoms with Gasteiger partial charge in [0.1, 0.15) is 19.3 Å². The van der Waals surface area contributed by atoms with Crippen molar-refractivity contribution in [3.05, 3.63) is 18.2 Å². The number of ether oxygens (including phenoxy) is 2. The predicted octanol–water partition coefficient (Wildman–Crippen LogP) is 0.448. The van der Waals surface area contributed by atoms with Crippen molar-refractivity contribution in [3.8, 4) is 11.5 Å². The Morgan fingerprint density at radius 1 is 1.19 bits per heavy atom. The standard InChI is InChI=1S/C17H22N2O7S/c1-11(17(21)22)18-16(20)12-4-6-19(7-5-12)27(23,24)13-2-3-14-15(10-13)26-9-8-25-14/h2-3,10-12H,4-9H2,1H3,(H,18,20)(H,21,22). The number of rotatable bonds is 5. The Balaban J connectivity index is 1.65.